The molecule has 1 aromatic heterocycles. The predicted octanol–water partition coefficient (Wildman–Crippen LogP) is 2.42. The Bertz CT molecular complexity index is 448. The van der Waals surface area contributed by atoms with Crippen LogP contribution in [-0.2, 0) is 4.79 Å². The Hall–Kier alpha value is -1.58. The topological polar surface area (TPSA) is 42.4 Å². The van der Waals surface area contributed by atoms with E-state index in [1.54, 1.807) is 6.20 Å². The van der Waals surface area contributed by atoms with E-state index in [9.17, 15) is 4.79 Å². The number of hydrogen-bond donors (Lipinski definition) is 0. The monoisotopic (exact) mass is 262 g/mol. The summed E-state index contributed by atoms with van der Waals surface area (Å²) in [4.78, 5) is 18.3. The van der Waals surface area contributed by atoms with Gasteiger partial charge in [0.25, 0.3) is 0 Å². The van der Waals surface area contributed by atoms with Crippen LogP contribution in [0, 0.1) is 12.3 Å². The van der Waals surface area contributed by atoms with Crippen LogP contribution in [0.4, 0.5) is 0 Å². The van der Waals surface area contributed by atoms with E-state index in [0.29, 0.717) is 12.4 Å². The molecule has 1 aromatic rings. The first-order chi connectivity index (χ1) is 8.86. The number of nitrogens with zero attached hydrogens (tertiary/aromatic N) is 2. The fourth-order valence-corrected chi connectivity index (χ4v) is 2.18. The van der Waals surface area contributed by atoms with Gasteiger partial charge in [-0.05, 0) is 12.5 Å². The standard InChI is InChI=1S/C15H22N2O2/c1-11-5-6-13(16-9-11)19-12-7-8-17(10-12)14(18)15(2,3)4/h5-6,9,12H,7-8,10H2,1-4H3/t12-/m1/s1. The van der Waals surface area contributed by atoms with E-state index in [-0.39, 0.29) is 17.4 Å². The number of likely N-dealkylation sites (tertiary alicyclic amines) is 1. The van der Waals surface area contributed by atoms with Gasteiger partial charge in [0.2, 0.25) is 11.8 Å². The quantitative estimate of drug-likeness (QED) is 0.822. The molecule has 0 radical (unpaired) electrons. The van der Waals surface area contributed by atoms with Gasteiger partial charge in [-0.3, -0.25) is 4.79 Å². The van der Waals surface area contributed by atoms with Crippen LogP contribution in [0.1, 0.15) is 32.8 Å². The molecule has 2 heterocycles. The molecule has 1 fully saturated rings. The minimum atomic E-state index is -0.322. The summed E-state index contributed by atoms with van der Waals surface area (Å²) in [5, 5.41) is 0. The molecule has 1 amide bonds. The van der Waals surface area contributed by atoms with Gasteiger partial charge < -0.3 is 9.64 Å². The van der Waals surface area contributed by atoms with Crippen molar-refractivity contribution in [3.8, 4) is 5.88 Å². The maximum absolute atomic E-state index is 12.2. The second kappa shape index (κ2) is 5.19. The average molecular weight is 262 g/mol. The number of aromatic nitrogens is 1. The number of hydrogen-bond acceptors (Lipinski definition) is 3. The SMILES string of the molecule is Cc1ccc(O[C@@H]2CCN(C(=O)C(C)(C)C)C2)nc1. The maximum Gasteiger partial charge on any atom is 0.228 e. The zero-order valence-electron chi connectivity index (χ0n) is 12.1. The molecule has 4 nitrogen and oxygen atoms in total. The van der Waals surface area contributed by atoms with Crippen LogP contribution in [0.5, 0.6) is 5.88 Å². The van der Waals surface area contributed by atoms with Crippen LogP contribution in [0.25, 0.3) is 0 Å². The predicted molar refractivity (Wildman–Crippen MR) is 74.0 cm³/mol. The lowest BCUT2D eigenvalue weighted by Gasteiger charge is -2.25. The van der Waals surface area contributed by atoms with E-state index in [0.717, 1.165) is 18.5 Å². The van der Waals surface area contributed by atoms with Crippen LogP contribution in [0.3, 0.4) is 0 Å². The fourth-order valence-electron chi connectivity index (χ4n) is 2.18. The second-order valence-electron chi connectivity index (χ2n) is 6.20. The Morgan fingerprint density at radius 2 is 2.16 bits per heavy atom. The first-order valence-electron chi connectivity index (χ1n) is 6.75. The molecule has 1 atom stereocenters. The first-order valence-corrected chi connectivity index (χ1v) is 6.75. The highest BCUT2D eigenvalue weighted by atomic mass is 16.5. The number of rotatable bonds is 2. The number of carbonyl (C=O) groups excluding carboxylic acids is 1. The Labute approximate surface area is 114 Å². The van der Waals surface area contributed by atoms with Gasteiger partial charge >= 0.3 is 0 Å². The van der Waals surface area contributed by atoms with Gasteiger partial charge in [0.1, 0.15) is 6.10 Å². The molecule has 1 saturated heterocycles. The lowest BCUT2D eigenvalue weighted by molar-refractivity contribution is -0.138. The summed E-state index contributed by atoms with van der Waals surface area (Å²) in [7, 11) is 0. The Morgan fingerprint density at radius 3 is 2.74 bits per heavy atom. The van der Waals surface area contributed by atoms with Crippen molar-refractivity contribution in [3.63, 3.8) is 0 Å². The summed E-state index contributed by atoms with van der Waals surface area (Å²) in [6, 6.07) is 3.86. The molecular formula is C15H22N2O2. The average Bonchev–Trinajstić information content (AvgIpc) is 2.78. The number of pyridine rings is 1. The summed E-state index contributed by atoms with van der Waals surface area (Å²) >= 11 is 0. The summed E-state index contributed by atoms with van der Waals surface area (Å²) in [5.74, 6) is 0.830. The summed E-state index contributed by atoms with van der Waals surface area (Å²) < 4.78 is 5.82. The molecule has 104 valence electrons. The van der Waals surface area contributed by atoms with Gasteiger partial charge in [0.05, 0.1) is 6.54 Å². The summed E-state index contributed by atoms with van der Waals surface area (Å²) in [6.07, 6.45) is 2.72. The van der Waals surface area contributed by atoms with Crippen molar-refractivity contribution in [1.82, 2.24) is 9.88 Å². The van der Waals surface area contributed by atoms with Crippen molar-refractivity contribution in [1.29, 1.82) is 0 Å². The van der Waals surface area contributed by atoms with Gasteiger partial charge in [0, 0.05) is 30.6 Å². The molecule has 0 spiro atoms. The van der Waals surface area contributed by atoms with Crippen molar-refractivity contribution >= 4 is 5.91 Å². The number of ether oxygens (including phenoxy) is 1. The Kier molecular flexibility index (Phi) is 3.78. The Morgan fingerprint density at radius 1 is 1.42 bits per heavy atom. The van der Waals surface area contributed by atoms with Crippen molar-refractivity contribution in [2.45, 2.75) is 40.2 Å². The second-order valence-corrected chi connectivity index (χ2v) is 6.20. The highest BCUT2D eigenvalue weighted by Gasteiger charge is 2.33. The number of amides is 1. The number of carbonyl (C=O) groups is 1. The smallest absolute Gasteiger partial charge is 0.228 e. The van der Waals surface area contributed by atoms with Crippen LogP contribution in [0.2, 0.25) is 0 Å². The molecule has 0 unspecified atom stereocenters. The molecule has 0 bridgehead atoms. The molecule has 19 heavy (non-hydrogen) atoms. The van der Waals surface area contributed by atoms with E-state index in [2.05, 4.69) is 4.98 Å². The minimum absolute atomic E-state index is 0.0570. The minimum Gasteiger partial charge on any atom is -0.472 e. The van der Waals surface area contributed by atoms with Crippen LogP contribution in [-0.4, -0.2) is 35.0 Å². The highest BCUT2D eigenvalue weighted by molar-refractivity contribution is 5.81. The largest absolute Gasteiger partial charge is 0.472 e. The van der Waals surface area contributed by atoms with Crippen molar-refractivity contribution in [2.75, 3.05) is 13.1 Å². The molecule has 0 N–H and O–H groups in total. The maximum atomic E-state index is 12.2. The lowest BCUT2D eigenvalue weighted by atomic mass is 9.95. The third-order valence-corrected chi connectivity index (χ3v) is 3.25. The van der Waals surface area contributed by atoms with E-state index in [4.69, 9.17) is 4.74 Å². The molecule has 4 heteroatoms. The molecule has 2 rings (SSSR count). The molecule has 0 aliphatic carbocycles. The molecule has 0 saturated carbocycles. The number of aryl methyl sites for hydroxylation is 1. The van der Waals surface area contributed by atoms with E-state index in [1.807, 2.05) is 44.7 Å². The van der Waals surface area contributed by atoms with Gasteiger partial charge in [0.15, 0.2) is 0 Å². The lowest BCUT2D eigenvalue weighted by Crippen LogP contribution is -2.38. The van der Waals surface area contributed by atoms with E-state index < -0.39 is 0 Å². The zero-order valence-corrected chi connectivity index (χ0v) is 12.1. The van der Waals surface area contributed by atoms with Crippen LogP contribution >= 0.6 is 0 Å². The zero-order chi connectivity index (χ0) is 14.0. The van der Waals surface area contributed by atoms with E-state index >= 15 is 0 Å². The third-order valence-electron chi connectivity index (χ3n) is 3.25. The van der Waals surface area contributed by atoms with Crippen LogP contribution in [0.15, 0.2) is 18.3 Å². The van der Waals surface area contributed by atoms with Crippen molar-refractivity contribution < 1.29 is 9.53 Å². The fraction of sp³-hybridized carbons (Fsp3) is 0.600. The van der Waals surface area contributed by atoms with Crippen molar-refractivity contribution in [2.24, 2.45) is 5.41 Å². The highest BCUT2D eigenvalue weighted by Crippen LogP contribution is 2.23. The van der Waals surface area contributed by atoms with Gasteiger partial charge in [-0.25, -0.2) is 4.98 Å². The molecule has 1 aliphatic rings. The van der Waals surface area contributed by atoms with Gasteiger partial charge in [-0.15, -0.1) is 0 Å². The summed E-state index contributed by atoms with van der Waals surface area (Å²) in [5.41, 5.74) is 0.792. The van der Waals surface area contributed by atoms with Crippen molar-refractivity contribution in [3.05, 3.63) is 23.9 Å². The van der Waals surface area contributed by atoms with E-state index in [1.165, 1.54) is 0 Å². The Balaban J connectivity index is 1.92. The van der Waals surface area contributed by atoms with Crippen LogP contribution < -0.4 is 4.74 Å². The third kappa shape index (κ3) is 3.46. The molecular weight excluding hydrogens is 240 g/mol. The van der Waals surface area contributed by atoms with Gasteiger partial charge in [-0.1, -0.05) is 26.8 Å². The molecule has 1 aliphatic heterocycles. The molecule has 0 aromatic carbocycles. The first kappa shape index (κ1) is 13.8. The van der Waals surface area contributed by atoms with Gasteiger partial charge in [-0.2, -0.15) is 0 Å². The normalized spacial score (nSPS) is 19.6. The summed E-state index contributed by atoms with van der Waals surface area (Å²) in [6.45, 7) is 9.27.